The molecule has 0 aliphatic heterocycles. The van der Waals surface area contributed by atoms with Crippen molar-refractivity contribution >= 4 is 28.5 Å². The van der Waals surface area contributed by atoms with Crippen LogP contribution in [0.1, 0.15) is 27.3 Å². The lowest BCUT2D eigenvalue weighted by atomic mass is 10.1. The van der Waals surface area contributed by atoms with Gasteiger partial charge in [-0.25, -0.2) is 9.97 Å². The number of aryl methyl sites for hydroxylation is 2. The zero-order valence-electron chi connectivity index (χ0n) is 15.6. The lowest BCUT2D eigenvalue weighted by molar-refractivity contribution is -0.173. The maximum Gasteiger partial charge on any atom is 0.471 e. The van der Waals surface area contributed by atoms with Crippen LogP contribution in [0.3, 0.4) is 0 Å². The van der Waals surface area contributed by atoms with Crippen LogP contribution in [0, 0.1) is 13.8 Å². The highest BCUT2D eigenvalue weighted by Crippen LogP contribution is 2.18. The van der Waals surface area contributed by atoms with E-state index in [0.29, 0.717) is 27.8 Å². The summed E-state index contributed by atoms with van der Waals surface area (Å²) in [5.41, 5.74) is 4.01. The van der Waals surface area contributed by atoms with E-state index in [9.17, 15) is 22.8 Å². The van der Waals surface area contributed by atoms with Gasteiger partial charge >= 0.3 is 12.1 Å². The van der Waals surface area contributed by atoms with Gasteiger partial charge in [0.25, 0.3) is 5.91 Å². The molecule has 0 atom stereocenters. The Labute approximate surface area is 164 Å². The molecule has 0 saturated heterocycles. The van der Waals surface area contributed by atoms with Crippen molar-refractivity contribution in [1.82, 2.24) is 15.3 Å². The minimum atomic E-state index is -4.94. The lowest BCUT2D eigenvalue weighted by Gasteiger charge is -2.10. The molecular formula is C20H17F3N4O2. The summed E-state index contributed by atoms with van der Waals surface area (Å²) in [5.74, 6) is -2.42. The Morgan fingerprint density at radius 2 is 1.66 bits per heavy atom. The number of anilines is 1. The molecule has 0 unspecified atom stereocenters. The number of hydrogen-bond acceptors (Lipinski definition) is 4. The fraction of sp³-hybridized carbons (Fsp3) is 0.200. The van der Waals surface area contributed by atoms with Gasteiger partial charge in [0.15, 0.2) is 0 Å². The van der Waals surface area contributed by atoms with Crippen LogP contribution in [-0.4, -0.2) is 28.0 Å². The van der Waals surface area contributed by atoms with Crippen molar-refractivity contribution in [2.75, 3.05) is 5.32 Å². The first-order valence-corrected chi connectivity index (χ1v) is 8.64. The van der Waals surface area contributed by atoms with Crippen LogP contribution in [0.15, 0.2) is 42.5 Å². The molecule has 2 N–H and O–H groups in total. The summed E-state index contributed by atoms with van der Waals surface area (Å²) in [5, 5.41) is 4.47. The highest BCUT2D eigenvalue weighted by atomic mass is 19.4. The van der Waals surface area contributed by atoms with Crippen LogP contribution in [0.25, 0.3) is 11.0 Å². The summed E-state index contributed by atoms with van der Waals surface area (Å²) < 4.78 is 36.8. The van der Waals surface area contributed by atoms with Crippen molar-refractivity contribution in [1.29, 1.82) is 0 Å². The Bertz CT molecular complexity index is 1100. The molecule has 2 amide bonds. The molecule has 0 bridgehead atoms. The van der Waals surface area contributed by atoms with Crippen molar-refractivity contribution in [3.05, 3.63) is 65.0 Å². The SMILES string of the molecule is Cc1nc2ccc(C(=O)Nc3cccc(CNC(=O)C(F)(F)F)c3)cc2nc1C. The highest BCUT2D eigenvalue weighted by molar-refractivity contribution is 6.05. The van der Waals surface area contributed by atoms with Crippen molar-refractivity contribution in [2.24, 2.45) is 0 Å². The first kappa shape index (κ1) is 20.2. The van der Waals surface area contributed by atoms with Gasteiger partial charge in [-0.1, -0.05) is 12.1 Å². The molecular weight excluding hydrogens is 385 g/mol. The average Bonchev–Trinajstić information content (AvgIpc) is 2.66. The van der Waals surface area contributed by atoms with E-state index >= 15 is 0 Å². The standard InChI is InChI=1S/C20H17F3N4O2/c1-11-12(2)26-17-9-14(6-7-16(17)25-11)18(28)27-15-5-3-4-13(8-15)10-24-19(29)20(21,22)23/h3-9H,10H2,1-2H3,(H,24,29)(H,27,28). The van der Waals surface area contributed by atoms with Gasteiger partial charge in [0.1, 0.15) is 0 Å². The second kappa shape index (κ2) is 7.86. The van der Waals surface area contributed by atoms with Gasteiger partial charge in [-0.2, -0.15) is 13.2 Å². The zero-order chi connectivity index (χ0) is 21.2. The largest absolute Gasteiger partial charge is 0.471 e. The van der Waals surface area contributed by atoms with Crippen LogP contribution >= 0.6 is 0 Å². The number of rotatable bonds is 4. The molecule has 3 aromatic rings. The summed E-state index contributed by atoms with van der Waals surface area (Å²) >= 11 is 0. The topological polar surface area (TPSA) is 84.0 Å². The third-order valence-corrected chi connectivity index (χ3v) is 4.23. The number of hydrogen-bond donors (Lipinski definition) is 2. The van der Waals surface area contributed by atoms with Crippen LogP contribution in [0.2, 0.25) is 0 Å². The number of fused-ring (bicyclic) bond motifs is 1. The number of nitrogens with zero attached hydrogens (tertiary/aromatic N) is 2. The third-order valence-electron chi connectivity index (χ3n) is 4.23. The van der Waals surface area contributed by atoms with E-state index in [2.05, 4.69) is 15.3 Å². The summed E-state index contributed by atoms with van der Waals surface area (Å²) in [6.07, 6.45) is -4.94. The first-order valence-electron chi connectivity index (χ1n) is 8.64. The summed E-state index contributed by atoms with van der Waals surface area (Å²) in [4.78, 5) is 32.3. The van der Waals surface area contributed by atoms with Gasteiger partial charge < -0.3 is 10.6 Å². The molecule has 0 radical (unpaired) electrons. The molecule has 0 fully saturated rings. The Morgan fingerprint density at radius 3 is 2.34 bits per heavy atom. The molecule has 1 aromatic heterocycles. The predicted octanol–water partition coefficient (Wildman–Crippen LogP) is 3.68. The third kappa shape index (κ3) is 4.87. The molecule has 150 valence electrons. The average molecular weight is 402 g/mol. The first-order chi connectivity index (χ1) is 13.6. The Balaban J connectivity index is 1.73. The second-order valence-corrected chi connectivity index (χ2v) is 6.43. The van der Waals surface area contributed by atoms with Gasteiger partial charge in [0.2, 0.25) is 0 Å². The molecule has 2 aromatic carbocycles. The van der Waals surface area contributed by atoms with Crippen LogP contribution < -0.4 is 10.6 Å². The minimum Gasteiger partial charge on any atom is -0.344 e. The number of amides is 2. The molecule has 1 heterocycles. The number of carbonyl (C=O) groups excluding carboxylic acids is 2. The molecule has 0 saturated carbocycles. The lowest BCUT2D eigenvalue weighted by Crippen LogP contribution is -2.36. The monoisotopic (exact) mass is 402 g/mol. The van der Waals surface area contributed by atoms with E-state index < -0.39 is 18.0 Å². The second-order valence-electron chi connectivity index (χ2n) is 6.43. The van der Waals surface area contributed by atoms with Gasteiger partial charge in [0.05, 0.1) is 22.4 Å². The van der Waals surface area contributed by atoms with E-state index in [4.69, 9.17) is 0 Å². The fourth-order valence-electron chi connectivity index (χ4n) is 2.62. The summed E-state index contributed by atoms with van der Waals surface area (Å²) in [6, 6.07) is 11.1. The van der Waals surface area contributed by atoms with Crippen LogP contribution in [0.4, 0.5) is 18.9 Å². The molecule has 29 heavy (non-hydrogen) atoms. The number of carbonyl (C=O) groups is 2. The number of benzene rings is 2. The van der Waals surface area contributed by atoms with Gasteiger partial charge in [0, 0.05) is 17.8 Å². The smallest absolute Gasteiger partial charge is 0.344 e. The number of aromatic nitrogens is 2. The molecule has 0 aliphatic rings. The van der Waals surface area contributed by atoms with Crippen molar-refractivity contribution < 1.29 is 22.8 Å². The normalized spacial score (nSPS) is 11.3. The predicted molar refractivity (Wildman–Crippen MR) is 101 cm³/mol. The number of nitrogens with one attached hydrogen (secondary N) is 2. The van der Waals surface area contributed by atoms with Gasteiger partial charge in [-0.3, -0.25) is 9.59 Å². The van der Waals surface area contributed by atoms with E-state index in [0.717, 1.165) is 11.4 Å². The fourth-order valence-corrected chi connectivity index (χ4v) is 2.62. The minimum absolute atomic E-state index is 0.313. The molecule has 0 spiro atoms. The quantitative estimate of drug-likeness (QED) is 0.697. The molecule has 6 nitrogen and oxygen atoms in total. The summed E-state index contributed by atoms with van der Waals surface area (Å²) in [6.45, 7) is 3.37. The van der Waals surface area contributed by atoms with Crippen LogP contribution in [0.5, 0.6) is 0 Å². The van der Waals surface area contributed by atoms with Crippen LogP contribution in [-0.2, 0) is 11.3 Å². The maximum atomic E-state index is 12.5. The van der Waals surface area contributed by atoms with Crippen molar-refractivity contribution in [3.63, 3.8) is 0 Å². The maximum absolute atomic E-state index is 12.5. The van der Waals surface area contributed by atoms with E-state index in [1.54, 1.807) is 41.7 Å². The van der Waals surface area contributed by atoms with Crippen molar-refractivity contribution in [3.8, 4) is 0 Å². The Hall–Kier alpha value is -3.49. The Kier molecular flexibility index (Phi) is 5.49. The summed E-state index contributed by atoms with van der Waals surface area (Å²) in [7, 11) is 0. The van der Waals surface area contributed by atoms with Gasteiger partial charge in [-0.05, 0) is 49.7 Å². The Morgan fingerprint density at radius 1 is 0.966 bits per heavy atom. The van der Waals surface area contributed by atoms with E-state index in [-0.39, 0.29) is 6.54 Å². The van der Waals surface area contributed by atoms with Crippen molar-refractivity contribution in [2.45, 2.75) is 26.6 Å². The van der Waals surface area contributed by atoms with Gasteiger partial charge in [-0.15, -0.1) is 0 Å². The number of halogens is 3. The van der Waals surface area contributed by atoms with E-state index in [1.165, 1.54) is 6.07 Å². The highest BCUT2D eigenvalue weighted by Gasteiger charge is 2.38. The molecule has 3 rings (SSSR count). The van der Waals surface area contributed by atoms with E-state index in [1.807, 2.05) is 13.8 Å². The zero-order valence-corrected chi connectivity index (χ0v) is 15.6. The number of alkyl halides is 3. The molecule has 9 heteroatoms. The molecule has 0 aliphatic carbocycles.